The van der Waals surface area contributed by atoms with Crippen LogP contribution in [0.2, 0.25) is 0 Å². The SMILES string of the molecule is O=C(CSc1nc2ccccc2c(=O)n1-c1ccccc1)Nc1ccc2ccccc2c1. The molecule has 4 aromatic carbocycles. The number of fused-ring (bicyclic) bond motifs is 2. The first-order chi connectivity index (χ1) is 15.7. The number of hydrogen-bond acceptors (Lipinski definition) is 4. The van der Waals surface area contributed by atoms with Crippen molar-refractivity contribution in [1.82, 2.24) is 9.55 Å². The van der Waals surface area contributed by atoms with Crippen LogP contribution >= 0.6 is 11.8 Å². The van der Waals surface area contributed by atoms with Crippen LogP contribution in [0.25, 0.3) is 27.4 Å². The third kappa shape index (κ3) is 4.00. The maximum atomic E-state index is 13.2. The van der Waals surface area contributed by atoms with Gasteiger partial charge in [-0.15, -0.1) is 0 Å². The third-order valence-electron chi connectivity index (χ3n) is 5.12. The molecule has 6 heteroatoms. The Morgan fingerprint density at radius 1 is 0.844 bits per heavy atom. The van der Waals surface area contributed by atoms with E-state index < -0.39 is 0 Å². The van der Waals surface area contributed by atoms with Crippen LogP contribution in [-0.2, 0) is 4.79 Å². The average molecular weight is 438 g/mol. The molecule has 0 atom stereocenters. The number of anilines is 1. The number of nitrogens with one attached hydrogen (secondary N) is 1. The summed E-state index contributed by atoms with van der Waals surface area (Å²) >= 11 is 1.24. The van der Waals surface area contributed by atoms with E-state index in [1.807, 2.05) is 91.0 Å². The van der Waals surface area contributed by atoms with Crippen LogP contribution in [0, 0.1) is 0 Å². The standard InChI is InChI=1S/C26H19N3O2S/c30-24(27-20-15-14-18-8-4-5-9-19(18)16-20)17-32-26-28-23-13-7-6-12-22(23)25(31)29(26)21-10-2-1-3-11-21/h1-16H,17H2,(H,27,30). The Morgan fingerprint density at radius 2 is 1.56 bits per heavy atom. The van der Waals surface area contributed by atoms with Crippen molar-refractivity contribution in [2.75, 3.05) is 11.1 Å². The fourth-order valence-electron chi connectivity index (χ4n) is 3.61. The van der Waals surface area contributed by atoms with Crippen molar-refractivity contribution < 1.29 is 4.79 Å². The minimum atomic E-state index is -0.160. The van der Waals surface area contributed by atoms with Gasteiger partial charge in [0.05, 0.1) is 22.3 Å². The lowest BCUT2D eigenvalue weighted by molar-refractivity contribution is -0.113. The molecule has 0 fully saturated rings. The van der Waals surface area contributed by atoms with Gasteiger partial charge >= 0.3 is 0 Å². The highest BCUT2D eigenvalue weighted by Gasteiger charge is 2.14. The Bertz CT molecular complexity index is 1500. The van der Waals surface area contributed by atoms with Crippen molar-refractivity contribution in [3.05, 3.63) is 107 Å². The van der Waals surface area contributed by atoms with Crippen LogP contribution in [-0.4, -0.2) is 21.2 Å². The molecule has 0 saturated heterocycles. The van der Waals surface area contributed by atoms with E-state index in [1.165, 1.54) is 11.8 Å². The zero-order valence-corrected chi connectivity index (χ0v) is 17.9. The van der Waals surface area contributed by atoms with E-state index >= 15 is 0 Å². The number of nitrogens with zero attached hydrogens (tertiary/aromatic N) is 2. The van der Waals surface area contributed by atoms with Crippen LogP contribution in [0.15, 0.2) is 107 Å². The Balaban J connectivity index is 1.43. The van der Waals surface area contributed by atoms with E-state index in [9.17, 15) is 9.59 Å². The Kier molecular flexibility index (Phi) is 5.44. The number of benzene rings is 4. The van der Waals surface area contributed by atoms with Crippen molar-refractivity contribution in [2.45, 2.75) is 5.16 Å². The molecule has 0 bridgehead atoms. The van der Waals surface area contributed by atoms with Crippen molar-refractivity contribution in [3.8, 4) is 5.69 Å². The van der Waals surface area contributed by atoms with Gasteiger partial charge in [-0.1, -0.05) is 72.4 Å². The number of carbonyl (C=O) groups is 1. The molecular formula is C26H19N3O2S. The first-order valence-corrected chi connectivity index (χ1v) is 11.2. The molecule has 0 aliphatic heterocycles. The summed E-state index contributed by atoms with van der Waals surface area (Å²) in [5.41, 5.74) is 1.91. The summed E-state index contributed by atoms with van der Waals surface area (Å²) in [5, 5.41) is 6.14. The topological polar surface area (TPSA) is 64.0 Å². The molecule has 1 aromatic heterocycles. The first kappa shape index (κ1) is 20.0. The van der Waals surface area contributed by atoms with E-state index in [1.54, 1.807) is 10.6 Å². The second kappa shape index (κ2) is 8.69. The van der Waals surface area contributed by atoms with E-state index in [0.29, 0.717) is 21.7 Å². The highest BCUT2D eigenvalue weighted by atomic mass is 32.2. The van der Waals surface area contributed by atoms with Crippen molar-refractivity contribution in [2.24, 2.45) is 0 Å². The molecule has 5 rings (SSSR count). The van der Waals surface area contributed by atoms with Crippen LogP contribution in [0.3, 0.4) is 0 Å². The number of carbonyl (C=O) groups excluding carboxylic acids is 1. The number of thioether (sulfide) groups is 1. The van der Waals surface area contributed by atoms with E-state index in [4.69, 9.17) is 0 Å². The second-order valence-electron chi connectivity index (χ2n) is 7.29. The summed E-state index contributed by atoms with van der Waals surface area (Å²) in [5.74, 6) is -0.0305. The van der Waals surface area contributed by atoms with E-state index in [2.05, 4.69) is 10.3 Å². The van der Waals surface area contributed by atoms with Gasteiger partial charge in [0.1, 0.15) is 0 Å². The predicted molar refractivity (Wildman–Crippen MR) is 131 cm³/mol. The Morgan fingerprint density at radius 3 is 2.41 bits per heavy atom. The predicted octanol–water partition coefficient (Wildman–Crippen LogP) is 5.27. The molecular weight excluding hydrogens is 418 g/mol. The maximum absolute atomic E-state index is 13.2. The molecule has 0 spiro atoms. The lowest BCUT2D eigenvalue weighted by Gasteiger charge is -2.13. The summed E-state index contributed by atoms with van der Waals surface area (Å²) in [6.45, 7) is 0. The fourth-order valence-corrected chi connectivity index (χ4v) is 4.42. The maximum Gasteiger partial charge on any atom is 0.266 e. The highest BCUT2D eigenvalue weighted by molar-refractivity contribution is 7.99. The van der Waals surface area contributed by atoms with Crippen molar-refractivity contribution >= 4 is 45.0 Å². The molecule has 1 N–H and O–H groups in total. The molecule has 5 aromatic rings. The van der Waals surface area contributed by atoms with Gasteiger partial charge in [0.2, 0.25) is 5.91 Å². The summed E-state index contributed by atoms with van der Waals surface area (Å²) < 4.78 is 1.57. The molecule has 0 unspecified atom stereocenters. The summed E-state index contributed by atoms with van der Waals surface area (Å²) in [6.07, 6.45) is 0. The zero-order valence-electron chi connectivity index (χ0n) is 17.1. The molecule has 0 radical (unpaired) electrons. The first-order valence-electron chi connectivity index (χ1n) is 10.2. The molecule has 1 amide bonds. The minimum Gasteiger partial charge on any atom is -0.325 e. The Labute approximate surface area is 188 Å². The molecule has 156 valence electrons. The van der Waals surface area contributed by atoms with Crippen LogP contribution < -0.4 is 10.9 Å². The molecule has 5 nitrogen and oxygen atoms in total. The van der Waals surface area contributed by atoms with E-state index in [-0.39, 0.29) is 17.2 Å². The van der Waals surface area contributed by atoms with Crippen LogP contribution in [0.5, 0.6) is 0 Å². The lowest BCUT2D eigenvalue weighted by Crippen LogP contribution is -2.22. The molecule has 0 saturated carbocycles. The normalized spacial score (nSPS) is 11.0. The van der Waals surface area contributed by atoms with E-state index in [0.717, 1.165) is 16.5 Å². The number of rotatable bonds is 5. The second-order valence-corrected chi connectivity index (χ2v) is 8.23. The van der Waals surface area contributed by atoms with Gasteiger partial charge in [-0.2, -0.15) is 0 Å². The third-order valence-corrected chi connectivity index (χ3v) is 6.06. The van der Waals surface area contributed by atoms with Gasteiger partial charge in [0.25, 0.3) is 5.56 Å². The molecule has 0 aliphatic rings. The summed E-state index contributed by atoms with van der Waals surface area (Å²) in [4.78, 5) is 30.6. The highest BCUT2D eigenvalue weighted by Crippen LogP contribution is 2.23. The fraction of sp³-hybridized carbons (Fsp3) is 0.0385. The van der Waals surface area contributed by atoms with Gasteiger partial charge < -0.3 is 5.32 Å². The summed E-state index contributed by atoms with van der Waals surface area (Å²) in [7, 11) is 0. The van der Waals surface area contributed by atoms with Gasteiger partial charge in [-0.3, -0.25) is 14.2 Å². The number of aromatic nitrogens is 2. The van der Waals surface area contributed by atoms with Gasteiger partial charge in [-0.25, -0.2) is 4.98 Å². The number of para-hydroxylation sites is 2. The lowest BCUT2D eigenvalue weighted by atomic mass is 10.1. The van der Waals surface area contributed by atoms with Crippen LogP contribution in [0.4, 0.5) is 5.69 Å². The minimum absolute atomic E-state index is 0.129. The average Bonchev–Trinajstić information content (AvgIpc) is 2.83. The quantitative estimate of drug-likeness (QED) is 0.301. The van der Waals surface area contributed by atoms with Gasteiger partial charge in [0, 0.05) is 5.69 Å². The van der Waals surface area contributed by atoms with Crippen LogP contribution in [0.1, 0.15) is 0 Å². The largest absolute Gasteiger partial charge is 0.325 e. The molecule has 32 heavy (non-hydrogen) atoms. The van der Waals surface area contributed by atoms with Crippen molar-refractivity contribution in [1.29, 1.82) is 0 Å². The van der Waals surface area contributed by atoms with Gasteiger partial charge in [-0.05, 0) is 47.2 Å². The van der Waals surface area contributed by atoms with Gasteiger partial charge in [0.15, 0.2) is 5.16 Å². The number of hydrogen-bond donors (Lipinski definition) is 1. The monoisotopic (exact) mass is 437 g/mol. The Hall–Kier alpha value is -3.90. The van der Waals surface area contributed by atoms with Crippen molar-refractivity contribution in [3.63, 3.8) is 0 Å². The smallest absolute Gasteiger partial charge is 0.266 e. The summed E-state index contributed by atoms with van der Waals surface area (Å²) in [6, 6.07) is 30.4. The molecule has 0 aliphatic carbocycles. The zero-order chi connectivity index (χ0) is 21.9. The number of amides is 1. The molecule has 1 heterocycles.